The highest BCUT2D eigenvalue weighted by atomic mass is 15.1. The van der Waals surface area contributed by atoms with Crippen molar-refractivity contribution in [3.05, 3.63) is 0 Å². The highest BCUT2D eigenvalue weighted by Gasteiger charge is 2.05. The van der Waals surface area contributed by atoms with Gasteiger partial charge in [-0.25, -0.2) is 0 Å². The normalized spacial score (nSPS) is 14.9. The van der Waals surface area contributed by atoms with Crippen molar-refractivity contribution in [3.63, 3.8) is 0 Å². The molecule has 0 saturated carbocycles. The third-order valence-corrected chi connectivity index (χ3v) is 1.38. The molecule has 0 amide bonds. The van der Waals surface area contributed by atoms with Gasteiger partial charge in [0, 0.05) is 19.1 Å². The van der Waals surface area contributed by atoms with Gasteiger partial charge in [-0.1, -0.05) is 19.8 Å². The molecule has 0 aromatic rings. The van der Waals surface area contributed by atoms with E-state index < -0.39 is 0 Å². The summed E-state index contributed by atoms with van der Waals surface area (Å²) in [6, 6.07) is 3.03. The second-order valence-corrected chi connectivity index (χ2v) is 2.06. The minimum Gasteiger partial charge on any atom is -0.333 e. The van der Waals surface area contributed by atoms with E-state index in [0.29, 0.717) is 0 Å². The maximum atomic E-state index is 3.03. The molecule has 1 nitrogen and oxygen atoms in total. The van der Waals surface area contributed by atoms with E-state index in [1.807, 2.05) is 20.8 Å². The van der Waals surface area contributed by atoms with Gasteiger partial charge in [0.15, 0.2) is 0 Å². The Hall–Kier alpha value is -0.640. The first kappa shape index (κ1) is 9.36. The number of likely N-dealkylation sites (tertiary alicyclic amines) is 1. The molecule has 0 aromatic heterocycles. The number of hydrogen-bond donors (Lipinski definition) is 0. The summed E-state index contributed by atoms with van der Waals surface area (Å²) in [5.41, 5.74) is 0. The highest BCUT2D eigenvalue weighted by molar-refractivity contribution is 4.96. The fourth-order valence-corrected chi connectivity index (χ4v) is 0.987. The molecule has 1 heteroatoms. The van der Waals surface area contributed by atoms with Crippen molar-refractivity contribution in [2.75, 3.05) is 13.1 Å². The molecule has 1 fully saturated rings. The Morgan fingerprint density at radius 3 is 2.00 bits per heavy atom. The zero-order chi connectivity index (χ0) is 7.82. The van der Waals surface area contributed by atoms with Crippen molar-refractivity contribution < 1.29 is 0 Å². The Balaban J connectivity index is 0.000000371. The molecule has 1 saturated heterocycles. The van der Waals surface area contributed by atoms with E-state index in [4.69, 9.17) is 0 Å². The summed E-state index contributed by atoms with van der Waals surface area (Å²) < 4.78 is 0. The molecule has 0 aliphatic carbocycles. The second kappa shape index (κ2) is 6.48. The first-order valence-electron chi connectivity index (χ1n) is 4.11. The predicted molar refractivity (Wildman–Crippen MR) is 45.6 cm³/mol. The van der Waals surface area contributed by atoms with E-state index in [1.54, 1.807) is 0 Å². The van der Waals surface area contributed by atoms with Crippen LogP contribution in [-0.4, -0.2) is 18.0 Å². The van der Waals surface area contributed by atoms with Gasteiger partial charge in [-0.05, 0) is 19.8 Å². The molecular formula is C9H17N. The first-order chi connectivity index (χ1) is 4.93. The molecule has 0 N–H and O–H groups in total. The van der Waals surface area contributed by atoms with Crippen LogP contribution in [0.5, 0.6) is 0 Å². The molecule has 0 radical (unpaired) electrons. The van der Waals surface area contributed by atoms with Crippen LogP contribution in [0.1, 0.15) is 33.6 Å². The van der Waals surface area contributed by atoms with Gasteiger partial charge in [0.1, 0.15) is 0 Å². The molecule has 1 heterocycles. The van der Waals surface area contributed by atoms with Crippen LogP contribution in [0.15, 0.2) is 0 Å². The van der Waals surface area contributed by atoms with Gasteiger partial charge in [0.25, 0.3) is 0 Å². The third-order valence-electron chi connectivity index (χ3n) is 1.38. The van der Waals surface area contributed by atoms with Crippen LogP contribution in [0.4, 0.5) is 0 Å². The molecule has 0 bridgehead atoms. The smallest absolute Gasteiger partial charge is 0.0261 e. The monoisotopic (exact) mass is 139 g/mol. The highest BCUT2D eigenvalue weighted by Crippen LogP contribution is 2.04. The lowest BCUT2D eigenvalue weighted by Crippen LogP contribution is -2.10. The molecule has 10 heavy (non-hydrogen) atoms. The number of hydrogen-bond acceptors (Lipinski definition) is 1. The summed E-state index contributed by atoms with van der Waals surface area (Å²) in [4.78, 5) is 2.18. The molecule has 0 atom stereocenters. The molecule has 1 aliphatic heterocycles. The fraction of sp³-hybridized carbons (Fsp3) is 0.778. The van der Waals surface area contributed by atoms with Gasteiger partial charge in [0.05, 0.1) is 0 Å². The Kier molecular flexibility index (Phi) is 6.06. The van der Waals surface area contributed by atoms with E-state index in [0.717, 1.165) is 0 Å². The summed E-state index contributed by atoms with van der Waals surface area (Å²) in [5, 5.41) is 0. The van der Waals surface area contributed by atoms with Gasteiger partial charge in [-0.15, -0.1) is 0 Å². The van der Waals surface area contributed by atoms with Crippen LogP contribution in [0.25, 0.3) is 0 Å². The average molecular weight is 139 g/mol. The Labute approximate surface area is 64.4 Å². The van der Waals surface area contributed by atoms with Crippen molar-refractivity contribution in [1.82, 2.24) is 4.90 Å². The molecule has 1 rings (SSSR count). The van der Waals surface area contributed by atoms with Crippen molar-refractivity contribution in [1.29, 1.82) is 0 Å². The molecule has 1 aliphatic rings. The Morgan fingerprint density at radius 2 is 1.60 bits per heavy atom. The van der Waals surface area contributed by atoms with Crippen LogP contribution < -0.4 is 0 Å². The van der Waals surface area contributed by atoms with Crippen molar-refractivity contribution in [2.24, 2.45) is 0 Å². The minimum absolute atomic E-state index is 1.18. The lowest BCUT2D eigenvalue weighted by molar-refractivity contribution is 0.496. The standard InChI is InChI=1S/C7H11N.C2H6/c1-2-5-8-6-3-4-7-8;1-2/h3-4,6-7H2,1H3;1-2H3. The predicted octanol–water partition coefficient (Wildman–Crippen LogP) is 2.09. The van der Waals surface area contributed by atoms with Gasteiger partial charge in [-0.2, -0.15) is 0 Å². The van der Waals surface area contributed by atoms with E-state index in [2.05, 4.69) is 16.9 Å². The lowest BCUT2D eigenvalue weighted by atomic mass is 10.4. The van der Waals surface area contributed by atoms with Gasteiger partial charge >= 0.3 is 0 Å². The molecule has 0 aromatic carbocycles. The second-order valence-electron chi connectivity index (χ2n) is 2.06. The van der Waals surface area contributed by atoms with Gasteiger partial charge in [-0.3, -0.25) is 0 Å². The summed E-state index contributed by atoms with van der Waals surface area (Å²) >= 11 is 0. The van der Waals surface area contributed by atoms with Gasteiger partial charge < -0.3 is 4.90 Å². The van der Waals surface area contributed by atoms with E-state index >= 15 is 0 Å². The van der Waals surface area contributed by atoms with Gasteiger partial charge in [0.2, 0.25) is 0 Å². The van der Waals surface area contributed by atoms with Crippen LogP contribution >= 0.6 is 0 Å². The van der Waals surface area contributed by atoms with Crippen molar-refractivity contribution >= 4 is 0 Å². The molecule has 58 valence electrons. The third kappa shape index (κ3) is 3.40. The summed E-state index contributed by atoms with van der Waals surface area (Å²) in [6.45, 7) is 8.25. The van der Waals surface area contributed by atoms with Crippen LogP contribution in [0.2, 0.25) is 0 Å². The zero-order valence-corrected chi connectivity index (χ0v) is 7.28. The maximum absolute atomic E-state index is 3.03. The quantitative estimate of drug-likeness (QED) is 0.464. The Morgan fingerprint density at radius 1 is 1.10 bits per heavy atom. The van der Waals surface area contributed by atoms with E-state index in [-0.39, 0.29) is 0 Å². The zero-order valence-electron chi connectivity index (χ0n) is 7.28. The van der Waals surface area contributed by atoms with Crippen LogP contribution in [-0.2, 0) is 0 Å². The molecular weight excluding hydrogens is 122 g/mol. The van der Waals surface area contributed by atoms with E-state index in [1.165, 1.54) is 25.9 Å². The fourth-order valence-electron chi connectivity index (χ4n) is 0.987. The van der Waals surface area contributed by atoms with Crippen LogP contribution in [0, 0.1) is 12.0 Å². The van der Waals surface area contributed by atoms with Crippen LogP contribution in [0.3, 0.4) is 0 Å². The molecule has 0 unspecified atom stereocenters. The molecule has 0 spiro atoms. The first-order valence-corrected chi connectivity index (χ1v) is 4.11. The topological polar surface area (TPSA) is 3.24 Å². The summed E-state index contributed by atoms with van der Waals surface area (Å²) in [6.07, 6.45) is 2.66. The number of rotatable bonds is 0. The maximum Gasteiger partial charge on any atom is 0.0261 e. The number of nitrogens with zero attached hydrogens (tertiary/aromatic N) is 1. The van der Waals surface area contributed by atoms with Crippen molar-refractivity contribution in [3.8, 4) is 12.0 Å². The van der Waals surface area contributed by atoms with Crippen molar-refractivity contribution in [2.45, 2.75) is 33.6 Å². The minimum atomic E-state index is 1.18. The Bertz CT molecular complexity index is 112. The largest absolute Gasteiger partial charge is 0.333 e. The summed E-state index contributed by atoms with van der Waals surface area (Å²) in [7, 11) is 0. The average Bonchev–Trinajstić information content (AvgIpc) is 2.46. The SMILES string of the molecule is CC.CC#CN1CCCC1. The van der Waals surface area contributed by atoms with E-state index in [9.17, 15) is 0 Å². The lowest BCUT2D eigenvalue weighted by Gasteiger charge is -2.04. The summed E-state index contributed by atoms with van der Waals surface area (Å²) in [5.74, 6) is 2.89.